The van der Waals surface area contributed by atoms with Gasteiger partial charge in [0.2, 0.25) is 0 Å². The molecule has 10 heteroatoms. The van der Waals surface area contributed by atoms with Crippen LogP contribution in [-0.4, -0.2) is 46.1 Å². The van der Waals surface area contributed by atoms with Crippen LogP contribution in [0.25, 0.3) is 10.9 Å². The number of aromatic nitrogens is 1. The molecule has 3 aliphatic rings. The molecule has 4 heterocycles. The van der Waals surface area contributed by atoms with Gasteiger partial charge in [0.25, 0.3) is 0 Å². The van der Waals surface area contributed by atoms with Gasteiger partial charge in [-0.05, 0) is 49.6 Å². The highest BCUT2D eigenvalue weighted by Crippen LogP contribution is 2.35. The number of alkyl halides is 3. The standard InChI is InChI=1S/C29H31F3N6S/c1-18-26(33)24(39-28(18)34)15-21-6-2-3-8-25(36-21)38-13-11-19(12-14-38)16-35-17-22-10-9-20-5-4-7-23(27(20)37-22)29(30,31)32/h2-7,9-10,15,18-19,33-35H,8,11-14,16-17H2,1H3. The quantitative estimate of drug-likeness (QED) is 0.392. The van der Waals surface area contributed by atoms with Gasteiger partial charge in [0.05, 0.1) is 33.2 Å². The van der Waals surface area contributed by atoms with Gasteiger partial charge >= 0.3 is 6.18 Å². The normalized spacial score (nSPS) is 22.0. The van der Waals surface area contributed by atoms with Crippen molar-refractivity contribution in [1.29, 1.82) is 10.8 Å². The van der Waals surface area contributed by atoms with E-state index in [1.807, 2.05) is 25.2 Å². The van der Waals surface area contributed by atoms with Gasteiger partial charge in [0.1, 0.15) is 5.84 Å². The van der Waals surface area contributed by atoms with Crippen molar-refractivity contribution in [2.24, 2.45) is 16.8 Å². The van der Waals surface area contributed by atoms with E-state index in [2.05, 4.69) is 21.3 Å². The topological polar surface area (TPSA) is 88.2 Å². The number of likely N-dealkylation sites (tertiary alicyclic amines) is 1. The molecule has 6 nitrogen and oxygen atoms in total. The van der Waals surface area contributed by atoms with Crippen LogP contribution in [0.1, 0.15) is 37.4 Å². The van der Waals surface area contributed by atoms with Crippen LogP contribution in [-0.2, 0) is 12.7 Å². The molecular formula is C29H31F3N6S. The number of hydrogen-bond acceptors (Lipinski definition) is 7. The molecule has 0 saturated carbocycles. The summed E-state index contributed by atoms with van der Waals surface area (Å²) < 4.78 is 40.2. The van der Waals surface area contributed by atoms with Crippen molar-refractivity contribution in [2.75, 3.05) is 19.6 Å². The first-order valence-corrected chi connectivity index (χ1v) is 13.9. The first-order chi connectivity index (χ1) is 18.7. The summed E-state index contributed by atoms with van der Waals surface area (Å²) in [5.74, 6) is 1.32. The number of pyridine rings is 1. The Hall–Kier alpha value is -3.24. The molecule has 1 aromatic heterocycles. The summed E-state index contributed by atoms with van der Waals surface area (Å²) in [4.78, 5) is 12.3. The predicted octanol–water partition coefficient (Wildman–Crippen LogP) is 6.56. The molecule has 5 rings (SSSR count). The second-order valence-corrected chi connectivity index (χ2v) is 11.2. The van der Waals surface area contributed by atoms with Gasteiger partial charge in [0.15, 0.2) is 0 Å². The molecule has 3 N–H and O–H groups in total. The third-order valence-electron chi connectivity index (χ3n) is 7.35. The number of thioether (sulfide) groups is 1. The Morgan fingerprint density at radius 3 is 2.67 bits per heavy atom. The van der Waals surface area contributed by atoms with Crippen molar-refractivity contribution in [1.82, 2.24) is 15.2 Å². The van der Waals surface area contributed by atoms with E-state index in [4.69, 9.17) is 15.8 Å². The summed E-state index contributed by atoms with van der Waals surface area (Å²) >= 11 is 1.34. The molecule has 0 aliphatic carbocycles. The molecule has 0 radical (unpaired) electrons. The van der Waals surface area contributed by atoms with Gasteiger partial charge in [-0.15, -0.1) is 0 Å². The summed E-state index contributed by atoms with van der Waals surface area (Å²) in [5.41, 5.74) is 1.17. The highest BCUT2D eigenvalue weighted by molar-refractivity contribution is 8.18. The minimum atomic E-state index is -4.43. The fraction of sp³-hybridized carbons (Fsp3) is 0.379. The number of halogens is 3. The molecule has 0 amide bonds. The van der Waals surface area contributed by atoms with Crippen molar-refractivity contribution in [3.05, 3.63) is 76.5 Å². The highest BCUT2D eigenvalue weighted by Gasteiger charge is 2.33. The molecule has 2 saturated heterocycles. The minimum absolute atomic E-state index is 0.00367. The Kier molecular flexibility index (Phi) is 8.04. The lowest BCUT2D eigenvalue weighted by Gasteiger charge is -2.34. The molecule has 204 valence electrons. The number of rotatable bonds is 5. The summed E-state index contributed by atoms with van der Waals surface area (Å²) in [6.45, 7) is 4.86. The first kappa shape index (κ1) is 27.3. The molecule has 3 aliphatic heterocycles. The number of amidine groups is 1. The summed E-state index contributed by atoms with van der Waals surface area (Å²) in [7, 11) is 0. The lowest BCUT2D eigenvalue weighted by atomic mass is 9.96. The Morgan fingerprint density at radius 2 is 1.95 bits per heavy atom. The fourth-order valence-electron chi connectivity index (χ4n) is 5.01. The third kappa shape index (κ3) is 6.33. The van der Waals surface area contributed by atoms with Gasteiger partial charge < -0.3 is 15.6 Å². The van der Waals surface area contributed by atoms with Crippen LogP contribution < -0.4 is 5.32 Å². The molecule has 0 bridgehead atoms. The van der Waals surface area contributed by atoms with Crippen molar-refractivity contribution in [2.45, 2.75) is 38.9 Å². The Bertz CT molecular complexity index is 1400. The number of aliphatic imine (C=N–C) groups is 1. The number of piperidine rings is 1. The maximum Gasteiger partial charge on any atom is 0.418 e. The van der Waals surface area contributed by atoms with Gasteiger partial charge in [-0.3, -0.25) is 10.4 Å². The van der Waals surface area contributed by atoms with Crippen molar-refractivity contribution >= 4 is 39.3 Å². The number of hydrogen-bond donors (Lipinski definition) is 3. The summed E-state index contributed by atoms with van der Waals surface area (Å²) in [6.07, 6.45) is 6.26. The van der Waals surface area contributed by atoms with Crippen LogP contribution >= 0.6 is 11.8 Å². The predicted molar refractivity (Wildman–Crippen MR) is 152 cm³/mol. The van der Waals surface area contributed by atoms with E-state index < -0.39 is 11.7 Å². The number of nitrogens with zero attached hydrogens (tertiary/aromatic N) is 3. The third-order valence-corrected chi connectivity index (χ3v) is 8.49. The average Bonchev–Trinajstić information content (AvgIpc) is 3.07. The van der Waals surface area contributed by atoms with Crippen LogP contribution in [0.4, 0.5) is 13.2 Å². The van der Waals surface area contributed by atoms with Crippen LogP contribution in [0.15, 0.2) is 70.2 Å². The second-order valence-electron chi connectivity index (χ2n) is 10.1. The fourth-order valence-corrected chi connectivity index (χ4v) is 6.01. The Labute approximate surface area is 230 Å². The van der Waals surface area contributed by atoms with E-state index in [1.165, 1.54) is 17.8 Å². The van der Waals surface area contributed by atoms with Crippen molar-refractivity contribution in [3.63, 3.8) is 0 Å². The van der Waals surface area contributed by atoms with E-state index in [9.17, 15) is 13.2 Å². The zero-order valence-electron chi connectivity index (χ0n) is 21.7. The summed E-state index contributed by atoms with van der Waals surface area (Å²) in [6, 6.07) is 7.63. The largest absolute Gasteiger partial charge is 0.418 e. The van der Waals surface area contributed by atoms with Crippen molar-refractivity contribution < 1.29 is 13.2 Å². The van der Waals surface area contributed by atoms with Crippen LogP contribution in [0.2, 0.25) is 0 Å². The van der Waals surface area contributed by atoms with E-state index in [0.717, 1.165) is 61.4 Å². The molecule has 1 unspecified atom stereocenters. The van der Waals surface area contributed by atoms with Gasteiger partial charge in [-0.25, -0.2) is 4.99 Å². The van der Waals surface area contributed by atoms with Gasteiger partial charge in [-0.1, -0.05) is 49.0 Å². The molecule has 0 spiro atoms. The number of para-hydroxylation sites is 1. The molecule has 2 fully saturated rings. The van der Waals surface area contributed by atoms with Crippen LogP contribution in [0.5, 0.6) is 0 Å². The van der Waals surface area contributed by atoms with Gasteiger partial charge in [-0.2, -0.15) is 13.2 Å². The molecule has 39 heavy (non-hydrogen) atoms. The minimum Gasteiger partial charge on any atom is -0.360 e. The smallest absolute Gasteiger partial charge is 0.360 e. The average molecular weight is 553 g/mol. The first-order valence-electron chi connectivity index (χ1n) is 13.1. The Balaban J connectivity index is 1.15. The SMILES string of the molecule is CC1C(=N)SC(=CC2=CC=CCC(N3CCC(CNCc4ccc5cccc(C(F)(F)F)c5n4)CC3)=N2)C1=N. The van der Waals surface area contributed by atoms with E-state index in [-0.39, 0.29) is 11.4 Å². The molecule has 1 atom stereocenters. The van der Waals surface area contributed by atoms with Crippen LogP contribution in [0.3, 0.4) is 0 Å². The lowest BCUT2D eigenvalue weighted by Crippen LogP contribution is -2.40. The van der Waals surface area contributed by atoms with Gasteiger partial charge in [0, 0.05) is 42.3 Å². The van der Waals surface area contributed by atoms with E-state index in [0.29, 0.717) is 34.3 Å². The lowest BCUT2D eigenvalue weighted by molar-refractivity contribution is -0.136. The zero-order chi connectivity index (χ0) is 27.6. The molecule has 1 aromatic carbocycles. The molecular weight excluding hydrogens is 521 g/mol. The van der Waals surface area contributed by atoms with E-state index >= 15 is 0 Å². The van der Waals surface area contributed by atoms with Crippen LogP contribution in [0, 0.1) is 22.7 Å². The highest BCUT2D eigenvalue weighted by atomic mass is 32.2. The number of nitrogens with one attached hydrogen (secondary N) is 3. The maximum absolute atomic E-state index is 13.4. The number of fused-ring (bicyclic) bond motifs is 1. The Morgan fingerprint density at radius 1 is 1.15 bits per heavy atom. The maximum atomic E-state index is 13.4. The monoisotopic (exact) mass is 552 g/mol. The number of allylic oxidation sites excluding steroid dienone is 4. The van der Waals surface area contributed by atoms with Crippen molar-refractivity contribution in [3.8, 4) is 0 Å². The second kappa shape index (κ2) is 11.5. The molecule has 2 aromatic rings. The summed E-state index contributed by atoms with van der Waals surface area (Å²) in [5, 5.41) is 20.7. The van der Waals surface area contributed by atoms with E-state index in [1.54, 1.807) is 18.2 Å². The number of benzene rings is 1. The zero-order valence-corrected chi connectivity index (χ0v) is 22.5.